The van der Waals surface area contributed by atoms with E-state index >= 15 is 0 Å². The summed E-state index contributed by atoms with van der Waals surface area (Å²) in [5.74, 6) is 6.30. The zero-order valence-electron chi connectivity index (χ0n) is 14.7. The van der Waals surface area contributed by atoms with Crippen LogP contribution in [-0.4, -0.2) is 5.78 Å². The lowest BCUT2D eigenvalue weighted by Gasteiger charge is -2.11. The third kappa shape index (κ3) is 3.73. The van der Waals surface area contributed by atoms with Gasteiger partial charge in [-0.15, -0.1) is 0 Å². The first-order valence-electron chi connectivity index (χ1n) is 8.72. The van der Waals surface area contributed by atoms with Crippen LogP contribution >= 0.6 is 27.5 Å². The summed E-state index contributed by atoms with van der Waals surface area (Å²) in [6.07, 6.45) is 0. The average molecular weight is 446 g/mol. The minimum absolute atomic E-state index is 0.0773. The highest BCUT2D eigenvalue weighted by atomic mass is 79.9. The Bertz CT molecular complexity index is 1230. The molecule has 4 aromatic carbocycles. The van der Waals surface area contributed by atoms with Crippen molar-refractivity contribution in [2.45, 2.75) is 0 Å². The van der Waals surface area contributed by atoms with Gasteiger partial charge in [0, 0.05) is 26.2 Å². The predicted molar refractivity (Wildman–Crippen MR) is 119 cm³/mol. The van der Waals surface area contributed by atoms with Crippen molar-refractivity contribution < 1.29 is 4.79 Å². The van der Waals surface area contributed by atoms with Crippen molar-refractivity contribution in [2.24, 2.45) is 0 Å². The maximum atomic E-state index is 13.4. The van der Waals surface area contributed by atoms with E-state index in [1.165, 1.54) is 0 Å². The molecule has 3 heteroatoms. The van der Waals surface area contributed by atoms with Crippen LogP contribution in [-0.2, 0) is 0 Å². The minimum atomic E-state index is -0.0773. The molecular weight excluding hydrogens is 432 g/mol. The Hall–Kier alpha value is -2.86. The second-order valence-corrected chi connectivity index (χ2v) is 7.57. The topological polar surface area (TPSA) is 17.1 Å². The van der Waals surface area contributed by atoms with E-state index in [0.29, 0.717) is 21.7 Å². The highest BCUT2D eigenvalue weighted by molar-refractivity contribution is 9.10. The number of carbonyl (C=O) groups excluding carboxylic acids is 1. The second-order valence-electron chi connectivity index (χ2n) is 6.28. The molecule has 0 saturated carbocycles. The molecule has 0 bridgehead atoms. The lowest BCUT2D eigenvalue weighted by molar-refractivity contribution is 0.104. The van der Waals surface area contributed by atoms with Crippen LogP contribution < -0.4 is 0 Å². The lowest BCUT2D eigenvalue weighted by atomic mass is 9.92. The highest BCUT2D eigenvalue weighted by Gasteiger charge is 2.19. The molecule has 0 N–H and O–H groups in total. The van der Waals surface area contributed by atoms with Gasteiger partial charge in [-0.05, 0) is 69.2 Å². The van der Waals surface area contributed by atoms with E-state index in [0.717, 1.165) is 20.8 Å². The van der Waals surface area contributed by atoms with Crippen molar-refractivity contribution in [1.82, 2.24) is 0 Å². The molecule has 134 valence electrons. The molecule has 0 heterocycles. The molecule has 1 nitrogen and oxygen atoms in total. The first-order valence-corrected chi connectivity index (χ1v) is 9.89. The predicted octanol–water partition coefficient (Wildman–Crippen LogP) is 6.89. The minimum Gasteiger partial charge on any atom is -0.289 e. The number of rotatable bonds is 2. The molecule has 0 amide bonds. The van der Waals surface area contributed by atoms with E-state index in [1.807, 2.05) is 60.7 Å². The molecule has 0 radical (unpaired) electrons. The number of carbonyl (C=O) groups is 1. The van der Waals surface area contributed by atoms with E-state index < -0.39 is 0 Å². The van der Waals surface area contributed by atoms with Gasteiger partial charge < -0.3 is 0 Å². The normalized spacial score (nSPS) is 10.4. The number of hydrogen-bond donors (Lipinski definition) is 0. The van der Waals surface area contributed by atoms with Crippen LogP contribution in [0.5, 0.6) is 0 Å². The van der Waals surface area contributed by atoms with Crippen LogP contribution in [0.1, 0.15) is 27.0 Å². The van der Waals surface area contributed by atoms with Gasteiger partial charge in [0.25, 0.3) is 0 Å². The Balaban J connectivity index is 1.95. The zero-order valence-corrected chi connectivity index (χ0v) is 17.1. The van der Waals surface area contributed by atoms with Crippen molar-refractivity contribution >= 4 is 44.1 Å². The standard InChI is InChI=1S/C25H14BrClO/c26-23-16-19-8-4-5-9-21(19)24(25(28)18-11-13-20(27)14-12-18)22(23)15-10-17-6-2-1-3-7-17/h1-9,11-14,16H. The van der Waals surface area contributed by atoms with E-state index in [-0.39, 0.29) is 5.78 Å². The van der Waals surface area contributed by atoms with Crippen LogP contribution in [0.2, 0.25) is 5.02 Å². The summed E-state index contributed by atoms with van der Waals surface area (Å²) in [5.41, 5.74) is 2.75. The van der Waals surface area contributed by atoms with E-state index in [2.05, 4.69) is 27.8 Å². The van der Waals surface area contributed by atoms with Gasteiger partial charge in [0.15, 0.2) is 5.78 Å². The van der Waals surface area contributed by atoms with Gasteiger partial charge >= 0.3 is 0 Å². The molecule has 0 aliphatic rings. The second kappa shape index (κ2) is 8.02. The van der Waals surface area contributed by atoms with E-state index in [1.54, 1.807) is 24.3 Å². The van der Waals surface area contributed by atoms with Crippen LogP contribution in [0.3, 0.4) is 0 Å². The number of hydrogen-bond acceptors (Lipinski definition) is 1. The molecule has 0 fully saturated rings. The van der Waals surface area contributed by atoms with Gasteiger partial charge in [0.05, 0.1) is 5.56 Å². The Morgan fingerprint density at radius 2 is 1.50 bits per heavy atom. The fourth-order valence-corrected chi connectivity index (χ4v) is 3.74. The van der Waals surface area contributed by atoms with Crippen molar-refractivity contribution in [3.8, 4) is 11.8 Å². The summed E-state index contributed by atoms with van der Waals surface area (Å²) in [6, 6.07) is 26.5. The van der Waals surface area contributed by atoms with Crippen LogP contribution in [0, 0.1) is 11.8 Å². The summed E-state index contributed by atoms with van der Waals surface area (Å²) < 4.78 is 0.798. The quantitative estimate of drug-likeness (QED) is 0.243. The van der Waals surface area contributed by atoms with Gasteiger partial charge in [-0.3, -0.25) is 4.79 Å². The summed E-state index contributed by atoms with van der Waals surface area (Å²) >= 11 is 9.61. The summed E-state index contributed by atoms with van der Waals surface area (Å²) in [7, 11) is 0. The largest absolute Gasteiger partial charge is 0.289 e. The fraction of sp³-hybridized carbons (Fsp3) is 0. The Kier molecular flexibility index (Phi) is 5.30. The summed E-state index contributed by atoms with van der Waals surface area (Å²) in [6.45, 7) is 0. The first-order chi connectivity index (χ1) is 13.6. The van der Waals surface area contributed by atoms with Crippen LogP contribution in [0.4, 0.5) is 0 Å². The van der Waals surface area contributed by atoms with Crippen LogP contribution in [0.25, 0.3) is 10.8 Å². The van der Waals surface area contributed by atoms with Crippen molar-refractivity contribution in [3.05, 3.63) is 117 Å². The van der Waals surface area contributed by atoms with Gasteiger partial charge in [-0.1, -0.05) is 65.9 Å². The van der Waals surface area contributed by atoms with Crippen molar-refractivity contribution in [1.29, 1.82) is 0 Å². The SMILES string of the molecule is O=C(c1ccc(Cl)cc1)c1c(C#Cc2ccccc2)c(Br)cc2ccccc12. The Morgan fingerprint density at radius 1 is 0.821 bits per heavy atom. The van der Waals surface area contributed by atoms with E-state index in [9.17, 15) is 4.79 Å². The molecule has 0 spiro atoms. The Morgan fingerprint density at radius 3 is 2.25 bits per heavy atom. The fourth-order valence-electron chi connectivity index (χ4n) is 3.07. The van der Waals surface area contributed by atoms with Gasteiger partial charge in [-0.2, -0.15) is 0 Å². The van der Waals surface area contributed by atoms with Crippen molar-refractivity contribution in [2.75, 3.05) is 0 Å². The Labute approximate surface area is 177 Å². The van der Waals surface area contributed by atoms with E-state index in [4.69, 9.17) is 11.6 Å². The molecule has 28 heavy (non-hydrogen) atoms. The summed E-state index contributed by atoms with van der Waals surface area (Å²) in [4.78, 5) is 13.4. The van der Waals surface area contributed by atoms with Gasteiger partial charge in [0.1, 0.15) is 0 Å². The first kappa shape index (κ1) is 18.5. The third-order valence-electron chi connectivity index (χ3n) is 4.44. The monoisotopic (exact) mass is 444 g/mol. The maximum Gasteiger partial charge on any atom is 0.194 e. The van der Waals surface area contributed by atoms with Crippen molar-refractivity contribution in [3.63, 3.8) is 0 Å². The molecule has 4 rings (SSSR count). The summed E-state index contributed by atoms with van der Waals surface area (Å²) in [5, 5.41) is 2.46. The molecular formula is C25H14BrClO. The number of halogens is 2. The zero-order chi connectivity index (χ0) is 19.5. The average Bonchev–Trinajstić information content (AvgIpc) is 2.72. The third-order valence-corrected chi connectivity index (χ3v) is 5.32. The molecule has 4 aromatic rings. The maximum absolute atomic E-state index is 13.4. The molecule has 0 saturated heterocycles. The molecule has 0 atom stereocenters. The molecule has 0 aromatic heterocycles. The van der Waals surface area contributed by atoms with Crippen LogP contribution in [0.15, 0.2) is 89.4 Å². The number of fused-ring (bicyclic) bond motifs is 1. The van der Waals surface area contributed by atoms with Gasteiger partial charge in [-0.25, -0.2) is 0 Å². The lowest BCUT2D eigenvalue weighted by Crippen LogP contribution is -2.06. The number of ketones is 1. The van der Waals surface area contributed by atoms with Gasteiger partial charge in [0.2, 0.25) is 0 Å². The number of benzene rings is 4. The smallest absolute Gasteiger partial charge is 0.194 e. The molecule has 0 aliphatic heterocycles. The highest BCUT2D eigenvalue weighted by Crippen LogP contribution is 2.31. The molecule has 0 unspecified atom stereocenters. The molecule has 0 aliphatic carbocycles.